The van der Waals surface area contributed by atoms with E-state index in [1.54, 1.807) is 25.6 Å². The van der Waals surface area contributed by atoms with Crippen molar-refractivity contribution < 1.29 is 22.7 Å². The zero-order chi connectivity index (χ0) is 30.8. The average molecular weight is 608 g/mol. The van der Waals surface area contributed by atoms with Gasteiger partial charge in [0.15, 0.2) is 5.65 Å². The normalized spacial score (nSPS) is 14.8. The molecular formula is C30H32F3N9O2. The van der Waals surface area contributed by atoms with Crippen molar-refractivity contribution in [2.24, 2.45) is 0 Å². The van der Waals surface area contributed by atoms with Crippen molar-refractivity contribution in [3.8, 4) is 11.3 Å². The van der Waals surface area contributed by atoms with E-state index in [1.807, 2.05) is 28.5 Å². The van der Waals surface area contributed by atoms with Crippen LogP contribution < -0.4 is 10.6 Å². The van der Waals surface area contributed by atoms with Crippen LogP contribution in [0.3, 0.4) is 0 Å². The number of carbonyl (C=O) groups is 1. The monoisotopic (exact) mass is 607 g/mol. The van der Waals surface area contributed by atoms with Crippen LogP contribution in [0.1, 0.15) is 16.8 Å². The minimum Gasteiger partial charge on any atom is -0.383 e. The van der Waals surface area contributed by atoms with Crippen LogP contribution in [0.4, 0.5) is 29.3 Å². The summed E-state index contributed by atoms with van der Waals surface area (Å²) < 4.78 is 49.2. The van der Waals surface area contributed by atoms with Crippen molar-refractivity contribution in [1.29, 1.82) is 0 Å². The van der Waals surface area contributed by atoms with Gasteiger partial charge in [0, 0.05) is 81.6 Å². The molecule has 0 unspecified atom stereocenters. The van der Waals surface area contributed by atoms with Crippen molar-refractivity contribution in [3.05, 3.63) is 72.1 Å². The highest BCUT2D eigenvalue weighted by Gasteiger charge is 2.34. The fraction of sp³-hybridized carbons (Fsp3) is 0.333. The first-order valence-corrected chi connectivity index (χ1v) is 14.2. The second-order valence-electron chi connectivity index (χ2n) is 10.7. The van der Waals surface area contributed by atoms with Gasteiger partial charge in [0.05, 0.1) is 29.2 Å². The molecule has 1 aliphatic rings. The van der Waals surface area contributed by atoms with Crippen LogP contribution >= 0.6 is 0 Å². The average Bonchev–Trinajstić information content (AvgIpc) is 3.66. The molecule has 1 aromatic carbocycles. The lowest BCUT2D eigenvalue weighted by Gasteiger charge is -2.35. The minimum atomic E-state index is -4.58. The molecule has 0 bridgehead atoms. The van der Waals surface area contributed by atoms with E-state index in [0.29, 0.717) is 36.7 Å². The summed E-state index contributed by atoms with van der Waals surface area (Å²) in [5.74, 6) is 0. The Morgan fingerprint density at radius 3 is 2.61 bits per heavy atom. The highest BCUT2D eigenvalue weighted by molar-refractivity contribution is 6.02. The highest BCUT2D eigenvalue weighted by atomic mass is 19.4. The van der Waals surface area contributed by atoms with E-state index in [4.69, 9.17) is 4.74 Å². The summed E-state index contributed by atoms with van der Waals surface area (Å²) in [5, 5.41) is 6.15. The SMILES string of the molecule is COCCN1CCN(Cc2ccc(NC(=O)Nc3ccc(-c4c[nH]c5ncnc(C)c45)n4ccnc34)cc2C(F)(F)F)CC1. The van der Waals surface area contributed by atoms with Gasteiger partial charge in [-0.25, -0.2) is 19.7 Å². The molecule has 230 valence electrons. The number of carbonyl (C=O) groups excluding carboxylic acids is 1. The van der Waals surface area contributed by atoms with Gasteiger partial charge in [0.2, 0.25) is 0 Å². The Labute approximate surface area is 251 Å². The van der Waals surface area contributed by atoms with Crippen LogP contribution in [-0.4, -0.2) is 86.6 Å². The number of ether oxygens (including phenoxy) is 1. The number of imidazole rings is 1. The third-order valence-corrected chi connectivity index (χ3v) is 7.88. The molecule has 0 spiro atoms. The van der Waals surface area contributed by atoms with E-state index in [-0.39, 0.29) is 17.8 Å². The first-order valence-electron chi connectivity index (χ1n) is 14.2. The number of benzene rings is 1. The number of hydrogen-bond acceptors (Lipinski definition) is 7. The van der Waals surface area contributed by atoms with Gasteiger partial charge in [-0.3, -0.25) is 14.2 Å². The number of aromatic amines is 1. The summed E-state index contributed by atoms with van der Waals surface area (Å²) in [6.45, 7) is 6.36. The fourth-order valence-corrected chi connectivity index (χ4v) is 5.62. The van der Waals surface area contributed by atoms with E-state index in [2.05, 4.69) is 35.5 Å². The molecule has 3 N–H and O–H groups in total. The summed E-state index contributed by atoms with van der Waals surface area (Å²) in [4.78, 5) is 33.4. The van der Waals surface area contributed by atoms with Gasteiger partial charge in [-0.1, -0.05) is 6.07 Å². The summed E-state index contributed by atoms with van der Waals surface area (Å²) >= 11 is 0. The quantitative estimate of drug-likeness (QED) is 0.227. The lowest BCUT2D eigenvalue weighted by molar-refractivity contribution is -0.138. The van der Waals surface area contributed by atoms with Crippen LogP contribution in [0.25, 0.3) is 27.9 Å². The number of amides is 2. The van der Waals surface area contributed by atoms with E-state index in [0.717, 1.165) is 48.0 Å². The molecule has 6 rings (SSSR count). The molecule has 0 atom stereocenters. The number of fused-ring (bicyclic) bond motifs is 2. The first-order chi connectivity index (χ1) is 21.2. The van der Waals surface area contributed by atoms with Crippen molar-refractivity contribution in [2.75, 3.05) is 57.1 Å². The Bertz CT molecular complexity index is 1790. The number of piperazine rings is 1. The standard InChI is InChI=1S/C30H32F3N9O2/c1-19-26-22(16-35-27(26)37-18-36-19)25-6-5-24(28-34-7-8-42(25)28)39-29(43)38-21-4-3-20(23(15-21)30(31,32)33)17-41-11-9-40(10-12-41)13-14-44-2/h3-8,15-16,18H,9-14,17H2,1-2H3,(H,35,36,37)(H2,38,39,43). The van der Waals surface area contributed by atoms with Crippen molar-refractivity contribution in [2.45, 2.75) is 19.6 Å². The molecule has 0 aliphatic carbocycles. The summed E-state index contributed by atoms with van der Waals surface area (Å²) in [7, 11) is 1.65. The lowest BCUT2D eigenvalue weighted by Crippen LogP contribution is -2.46. The molecule has 5 aromatic rings. The maximum Gasteiger partial charge on any atom is 0.416 e. The van der Waals surface area contributed by atoms with Crippen LogP contribution in [0.5, 0.6) is 0 Å². The molecule has 0 radical (unpaired) electrons. The Morgan fingerprint density at radius 1 is 1.05 bits per heavy atom. The number of H-pyrrole nitrogens is 1. The van der Waals surface area contributed by atoms with Crippen LogP contribution in [0.15, 0.2) is 55.2 Å². The number of urea groups is 1. The number of anilines is 2. The van der Waals surface area contributed by atoms with Gasteiger partial charge in [-0.05, 0) is 36.8 Å². The van der Waals surface area contributed by atoms with E-state index in [1.165, 1.54) is 18.5 Å². The van der Waals surface area contributed by atoms with E-state index in [9.17, 15) is 18.0 Å². The number of aromatic nitrogens is 5. The smallest absolute Gasteiger partial charge is 0.383 e. The van der Waals surface area contributed by atoms with E-state index >= 15 is 0 Å². The van der Waals surface area contributed by atoms with Gasteiger partial charge < -0.3 is 20.4 Å². The fourth-order valence-electron chi connectivity index (χ4n) is 5.62. The van der Waals surface area contributed by atoms with Gasteiger partial charge >= 0.3 is 12.2 Å². The molecule has 4 aromatic heterocycles. The molecule has 1 fully saturated rings. The molecule has 1 saturated heterocycles. The topological polar surface area (TPSA) is 116 Å². The van der Waals surface area contributed by atoms with Gasteiger partial charge in [-0.2, -0.15) is 13.2 Å². The molecule has 14 heteroatoms. The van der Waals surface area contributed by atoms with Crippen molar-refractivity contribution in [1.82, 2.24) is 34.1 Å². The van der Waals surface area contributed by atoms with Crippen LogP contribution in [0, 0.1) is 6.92 Å². The predicted molar refractivity (Wildman–Crippen MR) is 160 cm³/mol. The lowest BCUT2D eigenvalue weighted by atomic mass is 10.0. The van der Waals surface area contributed by atoms with Gasteiger partial charge in [0.25, 0.3) is 0 Å². The molecular weight excluding hydrogens is 575 g/mol. The van der Waals surface area contributed by atoms with Crippen LogP contribution in [-0.2, 0) is 17.5 Å². The second kappa shape index (κ2) is 12.2. The Balaban J connectivity index is 1.17. The summed E-state index contributed by atoms with van der Waals surface area (Å²) in [6.07, 6.45) is 2.13. The van der Waals surface area contributed by atoms with Crippen molar-refractivity contribution in [3.63, 3.8) is 0 Å². The zero-order valence-electron chi connectivity index (χ0n) is 24.3. The number of halogens is 3. The molecule has 0 saturated carbocycles. The Morgan fingerprint density at radius 2 is 1.84 bits per heavy atom. The molecule has 11 nitrogen and oxygen atoms in total. The number of pyridine rings is 1. The predicted octanol–water partition coefficient (Wildman–Crippen LogP) is 5.01. The highest BCUT2D eigenvalue weighted by Crippen LogP contribution is 2.35. The first kappa shape index (κ1) is 29.5. The second-order valence-corrected chi connectivity index (χ2v) is 10.7. The molecule has 1 aliphatic heterocycles. The summed E-state index contributed by atoms with van der Waals surface area (Å²) in [6, 6.07) is 6.76. The third kappa shape index (κ3) is 6.09. The maximum absolute atomic E-state index is 14.1. The minimum absolute atomic E-state index is 0.0354. The number of methoxy groups -OCH3 is 1. The maximum atomic E-state index is 14.1. The number of aryl methyl sites for hydroxylation is 1. The number of hydrogen-bond donors (Lipinski definition) is 3. The van der Waals surface area contributed by atoms with Crippen LogP contribution in [0.2, 0.25) is 0 Å². The molecule has 2 amide bonds. The molecule has 5 heterocycles. The zero-order valence-corrected chi connectivity index (χ0v) is 24.3. The number of rotatable bonds is 8. The number of alkyl halides is 3. The third-order valence-electron chi connectivity index (χ3n) is 7.88. The van der Waals surface area contributed by atoms with Crippen molar-refractivity contribution >= 4 is 34.1 Å². The van der Waals surface area contributed by atoms with Gasteiger partial charge in [0.1, 0.15) is 12.0 Å². The number of nitrogens with zero attached hydrogens (tertiary/aromatic N) is 6. The molecule has 44 heavy (non-hydrogen) atoms. The Hall–Kier alpha value is -4.53. The van der Waals surface area contributed by atoms with E-state index < -0.39 is 17.8 Å². The summed E-state index contributed by atoms with van der Waals surface area (Å²) in [5.41, 5.74) is 3.47. The number of nitrogens with one attached hydrogen (secondary N) is 3. The largest absolute Gasteiger partial charge is 0.416 e. The van der Waals surface area contributed by atoms with Gasteiger partial charge in [-0.15, -0.1) is 0 Å². The Kier molecular flexibility index (Phi) is 8.21.